The SMILES string of the molecule is CCCCc1ccc(-c2nnnn2OC(C)=O)o1. The van der Waals surface area contributed by atoms with Crippen LogP contribution in [0.4, 0.5) is 0 Å². The lowest BCUT2D eigenvalue weighted by molar-refractivity contribution is -0.143. The Kier molecular flexibility index (Phi) is 3.71. The Hall–Kier alpha value is -2.18. The molecule has 0 aliphatic rings. The summed E-state index contributed by atoms with van der Waals surface area (Å²) in [4.78, 5) is 16.6. The smallest absolute Gasteiger partial charge is 0.332 e. The molecule has 0 bridgehead atoms. The number of furan rings is 1. The summed E-state index contributed by atoms with van der Waals surface area (Å²) in [6.07, 6.45) is 3.02. The first-order valence-corrected chi connectivity index (χ1v) is 5.77. The molecule has 2 aromatic heterocycles. The van der Waals surface area contributed by atoms with Crippen LogP contribution < -0.4 is 4.84 Å². The van der Waals surface area contributed by atoms with Crippen molar-refractivity contribution >= 4 is 5.97 Å². The molecule has 0 aliphatic carbocycles. The van der Waals surface area contributed by atoms with E-state index in [1.807, 2.05) is 6.07 Å². The van der Waals surface area contributed by atoms with Crippen LogP contribution in [0.1, 0.15) is 32.4 Å². The number of rotatable bonds is 5. The van der Waals surface area contributed by atoms with Crippen LogP contribution >= 0.6 is 0 Å². The van der Waals surface area contributed by atoms with Crippen molar-refractivity contribution in [2.45, 2.75) is 33.1 Å². The van der Waals surface area contributed by atoms with Crippen LogP contribution in [0.5, 0.6) is 0 Å². The van der Waals surface area contributed by atoms with Crippen LogP contribution in [0.25, 0.3) is 11.6 Å². The predicted octanol–water partition coefficient (Wildman–Crippen LogP) is 1.25. The maximum absolute atomic E-state index is 10.9. The summed E-state index contributed by atoms with van der Waals surface area (Å²) in [6.45, 7) is 3.39. The second-order valence-corrected chi connectivity index (χ2v) is 3.83. The average Bonchev–Trinajstić information content (AvgIpc) is 2.93. The van der Waals surface area contributed by atoms with Crippen LogP contribution in [0.3, 0.4) is 0 Å². The fraction of sp³-hybridized carbons (Fsp3) is 0.455. The minimum absolute atomic E-state index is 0.271. The van der Waals surface area contributed by atoms with E-state index in [2.05, 4.69) is 22.4 Å². The number of hydrogen-bond donors (Lipinski definition) is 0. The third-order valence-corrected chi connectivity index (χ3v) is 2.32. The first-order chi connectivity index (χ1) is 8.70. The zero-order valence-electron chi connectivity index (χ0n) is 10.3. The molecule has 0 amide bonds. The van der Waals surface area contributed by atoms with Crippen molar-refractivity contribution in [1.82, 2.24) is 20.4 Å². The topological polar surface area (TPSA) is 83.0 Å². The van der Waals surface area contributed by atoms with Crippen LogP contribution in [-0.2, 0) is 11.2 Å². The normalized spacial score (nSPS) is 10.6. The van der Waals surface area contributed by atoms with Gasteiger partial charge >= 0.3 is 5.97 Å². The van der Waals surface area contributed by atoms with E-state index >= 15 is 0 Å². The number of nitrogens with zero attached hydrogens (tertiary/aromatic N) is 4. The second kappa shape index (κ2) is 5.44. The maximum atomic E-state index is 10.9. The van der Waals surface area contributed by atoms with Gasteiger partial charge in [-0.05, 0) is 33.8 Å². The Labute approximate surface area is 104 Å². The maximum Gasteiger partial charge on any atom is 0.332 e. The van der Waals surface area contributed by atoms with E-state index < -0.39 is 5.97 Å². The van der Waals surface area contributed by atoms with Crippen LogP contribution in [-0.4, -0.2) is 26.3 Å². The van der Waals surface area contributed by atoms with Crippen molar-refractivity contribution in [2.24, 2.45) is 0 Å². The highest BCUT2D eigenvalue weighted by Crippen LogP contribution is 2.19. The summed E-state index contributed by atoms with van der Waals surface area (Å²) < 4.78 is 5.60. The first kappa shape index (κ1) is 12.3. The molecule has 2 aromatic rings. The van der Waals surface area contributed by atoms with Crippen molar-refractivity contribution in [3.8, 4) is 11.6 Å². The van der Waals surface area contributed by atoms with Crippen molar-refractivity contribution in [1.29, 1.82) is 0 Å². The molecule has 7 heteroatoms. The number of aryl methyl sites for hydroxylation is 1. The third kappa shape index (κ3) is 2.73. The van der Waals surface area contributed by atoms with E-state index in [1.54, 1.807) is 6.07 Å². The molecule has 0 spiro atoms. The molecule has 18 heavy (non-hydrogen) atoms. The van der Waals surface area contributed by atoms with Gasteiger partial charge in [-0.25, -0.2) is 4.79 Å². The van der Waals surface area contributed by atoms with Crippen LogP contribution in [0.15, 0.2) is 16.5 Å². The Balaban J connectivity index is 2.18. The van der Waals surface area contributed by atoms with Crippen molar-refractivity contribution in [2.75, 3.05) is 0 Å². The highest BCUT2D eigenvalue weighted by Gasteiger charge is 2.15. The Bertz CT molecular complexity index is 532. The molecule has 0 unspecified atom stereocenters. The van der Waals surface area contributed by atoms with E-state index in [4.69, 9.17) is 9.25 Å². The number of unbranched alkanes of at least 4 members (excludes halogenated alkanes) is 1. The van der Waals surface area contributed by atoms with E-state index in [0.717, 1.165) is 29.9 Å². The fourth-order valence-corrected chi connectivity index (χ4v) is 1.49. The molecule has 0 fully saturated rings. The standard InChI is InChI=1S/C11H14N4O3/c1-3-4-5-9-6-7-10(17-9)11-12-13-14-15(11)18-8(2)16/h6-7H,3-5H2,1-2H3. The minimum Gasteiger partial charge on any atom is -0.458 e. The van der Waals surface area contributed by atoms with E-state index in [0.29, 0.717) is 5.76 Å². The number of carbonyl (C=O) groups is 1. The van der Waals surface area contributed by atoms with Crippen molar-refractivity contribution in [3.05, 3.63) is 17.9 Å². The highest BCUT2D eigenvalue weighted by atomic mass is 16.7. The van der Waals surface area contributed by atoms with Gasteiger partial charge < -0.3 is 9.25 Å². The summed E-state index contributed by atoms with van der Waals surface area (Å²) in [5.74, 6) is 1.12. The molecule has 2 heterocycles. The molecule has 96 valence electrons. The zero-order chi connectivity index (χ0) is 13.0. The summed E-state index contributed by atoms with van der Waals surface area (Å²) in [6, 6.07) is 3.63. The zero-order valence-corrected chi connectivity index (χ0v) is 10.3. The molecular formula is C11H14N4O3. The van der Waals surface area contributed by atoms with Gasteiger partial charge in [-0.1, -0.05) is 13.3 Å². The van der Waals surface area contributed by atoms with Gasteiger partial charge in [-0.3, -0.25) is 0 Å². The van der Waals surface area contributed by atoms with Crippen LogP contribution in [0, 0.1) is 0 Å². The largest absolute Gasteiger partial charge is 0.458 e. The fourth-order valence-electron chi connectivity index (χ4n) is 1.49. The van der Waals surface area contributed by atoms with Gasteiger partial charge in [0.1, 0.15) is 5.76 Å². The average molecular weight is 250 g/mol. The second-order valence-electron chi connectivity index (χ2n) is 3.83. The Morgan fingerprint density at radius 1 is 1.50 bits per heavy atom. The lowest BCUT2D eigenvalue weighted by atomic mass is 10.2. The van der Waals surface area contributed by atoms with Gasteiger partial charge in [-0.2, -0.15) is 0 Å². The molecular weight excluding hydrogens is 236 g/mol. The van der Waals surface area contributed by atoms with Crippen molar-refractivity contribution < 1.29 is 14.0 Å². The molecule has 0 saturated heterocycles. The summed E-state index contributed by atoms with van der Waals surface area (Å²) in [5.41, 5.74) is 0. The van der Waals surface area contributed by atoms with E-state index in [1.165, 1.54) is 6.92 Å². The molecule has 0 saturated carbocycles. The molecule has 0 N–H and O–H groups in total. The molecule has 0 atom stereocenters. The van der Waals surface area contributed by atoms with Crippen LogP contribution in [0.2, 0.25) is 0 Å². The third-order valence-electron chi connectivity index (χ3n) is 2.32. The number of hydrogen-bond acceptors (Lipinski definition) is 6. The van der Waals surface area contributed by atoms with Crippen molar-refractivity contribution in [3.63, 3.8) is 0 Å². The van der Waals surface area contributed by atoms with E-state index in [9.17, 15) is 4.79 Å². The van der Waals surface area contributed by atoms with Gasteiger partial charge in [0.25, 0.3) is 5.82 Å². The quantitative estimate of drug-likeness (QED) is 0.743. The number of aromatic nitrogens is 4. The summed E-state index contributed by atoms with van der Waals surface area (Å²) >= 11 is 0. The number of tetrazole rings is 1. The molecule has 2 rings (SSSR count). The van der Waals surface area contributed by atoms with Gasteiger partial charge in [0.15, 0.2) is 5.76 Å². The summed E-state index contributed by atoms with van der Waals surface area (Å²) in [7, 11) is 0. The molecule has 0 radical (unpaired) electrons. The lowest BCUT2D eigenvalue weighted by Crippen LogP contribution is -2.18. The molecule has 0 aliphatic heterocycles. The molecule has 0 aromatic carbocycles. The molecule has 7 nitrogen and oxygen atoms in total. The Morgan fingerprint density at radius 3 is 3.06 bits per heavy atom. The lowest BCUT2D eigenvalue weighted by Gasteiger charge is -1.99. The number of carbonyl (C=O) groups excluding carboxylic acids is 1. The van der Waals surface area contributed by atoms with Gasteiger partial charge in [-0.15, -0.1) is 5.10 Å². The minimum atomic E-state index is -0.499. The summed E-state index contributed by atoms with van der Waals surface area (Å²) in [5, 5.41) is 10.8. The first-order valence-electron chi connectivity index (χ1n) is 5.77. The predicted molar refractivity (Wildman–Crippen MR) is 61.4 cm³/mol. The monoisotopic (exact) mass is 250 g/mol. The van der Waals surface area contributed by atoms with Gasteiger partial charge in [0.2, 0.25) is 0 Å². The van der Waals surface area contributed by atoms with E-state index in [-0.39, 0.29) is 5.82 Å². The van der Waals surface area contributed by atoms with Gasteiger partial charge in [0, 0.05) is 13.3 Å². The van der Waals surface area contributed by atoms with Gasteiger partial charge in [0.05, 0.1) is 0 Å². The highest BCUT2D eigenvalue weighted by molar-refractivity contribution is 5.66. The Morgan fingerprint density at radius 2 is 2.33 bits per heavy atom.